The molecule has 0 spiro atoms. The summed E-state index contributed by atoms with van der Waals surface area (Å²) in [6, 6.07) is 7.40. The van der Waals surface area contributed by atoms with Gasteiger partial charge < -0.3 is 15.2 Å². The first kappa shape index (κ1) is 15.0. The lowest BCUT2D eigenvalue weighted by atomic mass is 10.1. The standard InChI is InChI=1S/C15H17ClN4O2/c16-11-5-3-10(4-6-11)8-13-19-14(22-20-13)9-18-15(21)12-2-1-7-17-12/h3-6,12,17H,1-2,7-9H2,(H,18,21). The Morgan fingerprint density at radius 2 is 2.23 bits per heavy atom. The molecule has 1 saturated heterocycles. The normalized spacial score (nSPS) is 17.6. The van der Waals surface area contributed by atoms with E-state index >= 15 is 0 Å². The quantitative estimate of drug-likeness (QED) is 0.876. The van der Waals surface area contributed by atoms with Crippen molar-refractivity contribution in [2.75, 3.05) is 6.54 Å². The van der Waals surface area contributed by atoms with Crippen LogP contribution in [0.5, 0.6) is 0 Å². The fourth-order valence-corrected chi connectivity index (χ4v) is 2.54. The smallest absolute Gasteiger partial charge is 0.246 e. The zero-order valence-electron chi connectivity index (χ0n) is 12.0. The van der Waals surface area contributed by atoms with Crippen molar-refractivity contribution in [1.29, 1.82) is 0 Å². The summed E-state index contributed by atoms with van der Waals surface area (Å²) in [5, 5.41) is 10.6. The number of halogens is 1. The van der Waals surface area contributed by atoms with Gasteiger partial charge in [0.05, 0.1) is 12.6 Å². The van der Waals surface area contributed by atoms with E-state index in [2.05, 4.69) is 20.8 Å². The molecule has 1 aromatic carbocycles. The predicted octanol–water partition coefficient (Wildman–Crippen LogP) is 1.68. The average Bonchev–Trinajstić information content (AvgIpc) is 3.19. The van der Waals surface area contributed by atoms with E-state index in [0.29, 0.717) is 23.2 Å². The number of carbonyl (C=O) groups is 1. The lowest BCUT2D eigenvalue weighted by Crippen LogP contribution is -2.40. The number of aromatic nitrogens is 2. The molecule has 22 heavy (non-hydrogen) atoms. The fraction of sp³-hybridized carbons (Fsp3) is 0.400. The molecule has 0 radical (unpaired) electrons. The molecule has 2 N–H and O–H groups in total. The second-order valence-electron chi connectivity index (χ2n) is 5.27. The summed E-state index contributed by atoms with van der Waals surface area (Å²) in [6.07, 6.45) is 2.47. The second kappa shape index (κ2) is 6.89. The highest BCUT2D eigenvalue weighted by Crippen LogP contribution is 2.12. The first-order chi connectivity index (χ1) is 10.7. The van der Waals surface area contributed by atoms with E-state index in [1.807, 2.05) is 24.3 Å². The molecule has 1 aliphatic heterocycles. The highest BCUT2D eigenvalue weighted by molar-refractivity contribution is 6.30. The summed E-state index contributed by atoms with van der Waals surface area (Å²) >= 11 is 5.85. The average molecular weight is 321 g/mol. The summed E-state index contributed by atoms with van der Waals surface area (Å²) in [5.41, 5.74) is 1.05. The van der Waals surface area contributed by atoms with Crippen LogP contribution in [-0.4, -0.2) is 28.6 Å². The Morgan fingerprint density at radius 3 is 2.95 bits per heavy atom. The van der Waals surface area contributed by atoms with Crippen LogP contribution in [0, 0.1) is 0 Å². The van der Waals surface area contributed by atoms with Gasteiger partial charge in [0.15, 0.2) is 5.82 Å². The second-order valence-corrected chi connectivity index (χ2v) is 5.71. The predicted molar refractivity (Wildman–Crippen MR) is 81.4 cm³/mol. The molecule has 116 valence electrons. The Bertz CT molecular complexity index is 635. The maximum absolute atomic E-state index is 11.9. The van der Waals surface area contributed by atoms with E-state index in [1.165, 1.54) is 0 Å². The highest BCUT2D eigenvalue weighted by Gasteiger charge is 2.22. The molecule has 0 aliphatic carbocycles. The monoisotopic (exact) mass is 320 g/mol. The lowest BCUT2D eigenvalue weighted by molar-refractivity contribution is -0.123. The van der Waals surface area contributed by atoms with Crippen molar-refractivity contribution in [2.24, 2.45) is 0 Å². The highest BCUT2D eigenvalue weighted by atomic mass is 35.5. The minimum atomic E-state index is -0.101. The van der Waals surface area contributed by atoms with Crippen LogP contribution in [0.1, 0.15) is 30.1 Å². The maximum Gasteiger partial charge on any atom is 0.246 e. The third-order valence-electron chi connectivity index (χ3n) is 3.58. The van der Waals surface area contributed by atoms with Crippen molar-refractivity contribution in [3.63, 3.8) is 0 Å². The third kappa shape index (κ3) is 3.84. The molecule has 1 aliphatic rings. The SMILES string of the molecule is O=C(NCc1nc(Cc2ccc(Cl)cc2)no1)C1CCCN1. The summed E-state index contributed by atoms with van der Waals surface area (Å²) in [7, 11) is 0. The molecule has 1 atom stereocenters. The van der Waals surface area contributed by atoms with Crippen molar-refractivity contribution in [1.82, 2.24) is 20.8 Å². The van der Waals surface area contributed by atoms with Crippen molar-refractivity contribution in [2.45, 2.75) is 31.8 Å². The molecular formula is C15H17ClN4O2. The molecular weight excluding hydrogens is 304 g/mol. The van der Waals surface area contributed by atoms with Gasteiger partial charge in [-0.2, -0.15) is 4.98 Å². The largest absolute Gasteiger partial charge is 0.346 e. The van der Waals surface area contributed by atoms with Gasteiger partial charge in [0.25, 0.3) is 0 Å². The molecule has 0 saturated carbocycles. The van der Waals surface area contributed by atoms with E-state index in [4.69, 9.17) is 16.1 Å². The van der Waals surface area contributed by atoms with Crippen LogP contribution < -0.4 is 10.6 Å². The van der Waals surface area contributed by atoms with Crippen molar-refractivity contribution in [3.05, 3.63) is 46.6 Å². The van der Waals surface area contributed by atoms with E-state index in [0.717, 1.165) is 24.9 Å². The van der Waals surface area contributed by atoms with Crippen LogP contribution in [-0.2, 0) is 17.8 Å². The van der Waals surface area contributed by atoms with Gasteiger partial charge in [0.1, 0.15) is 0 Å². The number of carbonyl (C=O) groups excluding carboxylic acids is 1. The summed E-state index contributed by atoms with van der Waals surface area (Å²) in [5.74, 6) is 0.982. The van der Waals surface area contributed by atoms with Crippen LogP contribution in [0.2, 0.25) is 5.02 Å². The minimum Gasteiger partial charge on any atom is -0.346 e. The van der Waals surface area contributed by atoms with Crippen molar-refractivity contribution >= 4 is 17.5 Å². The fourth-order valence-electron chi connectivity index (χ4n) is 2.41. The van der Waals surface area contributed by atoms with Gasteiger partial charge in [-0.15, -0.1) is 0 Å². The van der Waals surface area contributed by atoms with Gasteiger partial charge in [-0.3, -0.25) is 4.79 Å². The Kier molecular flexibility index (Phi) is 4.70. The Labute approximate surface area is 133 Å². The van der Waals surface area contributed by atoms with Crippen molar-refractivity contribution in [3.8, 4) is 0 Å². The molecule has 6 nitrogen and oxygen atoms in total. The lowest BCUT2D eigenvalue weighted by Gasteiger charge is -2.08. The Morgan fingerprint density at radius 1 is 1.41 bits per heavy atom. The third-order valence-corrected chi connectivity index (χ3v) is 3.83. The van der Waals surface area contributed by atoms with E-state index in [-0.39, 0.29) is 18.5 Å². The summed E-state index contributed by atoms with van der Waals surface area (Å²) in [4.78, 5) is 16.2. The van der Waals surface area contributed by atoms with E-state index < -0.39 is 0 Å². The van der Waals surface area contributed by atoms with E-state index in [1.54, 1.807) is 0 Å². The number of hydrogen-bond donors (Lipinski definition) is 2. The number of hydrogen-bond acceptors (Lipinski definition) is 5. The van der Waals surface area contributed by atoms with Crippen LogP contribution in [0.3, 0.4) is 0 Å². The van der Waals surface area contributed by atoms with Crippen LogP contribution in [0.25, 0.3) is 0 Å². The van der Waals surface area contributed by atoms with Gasteiger partial charge in [-0.25, -0.2) is 0 Å². The van der Waals surface area contributed by atoms with Gasteiger partial charge in [-0.05, 0) is 37.1 Å². The van der Waals surface area contributed by atoms with Gasteiger partial charge in [-0.1, -0.05) is 28.9 Å². The number of amides is 1. The molecule has 0 bridgehead atoms. The van der Waals surface area contributed by atoms with Crippen LogP contribution >= 0.6 is 11.6 Å². The molecule has 1 aromatic heterocycles. The van der Waals surface area contributed by atoms with Crippen LogP contribution in [0.4, 0.5) is 0 Å². The Balaban J connectivity index is 1.52. The molecule has 2 aromatic rings. The topological polar surface area (TPSA) is 80.1 Å². The number of nitrogens with one attached hydrogen (secondary N) is 2. The first-order valence-electron chi connectivity index (χ1n) is 7.28. The first-order valence-corrected chi connectivity index (χ1v) is 7.65. The Hall–Kier alpha value is -1.92. The minimum absolute atomic E-state index is 0.0186. The molecule has 2 heterocycles. The summed E-state index contributed by atoms with van der Waals surface area (Å²) < 4.78 is 5.15. The summed E-state index contributed by atoms with van der Waals surface area (Å²) in [6.45, 7) is 1.15. The maximum atomic E-state index is 11.9. The number of rotatable bonds is 5. The molecule has 3 rings (SSSR count). The van der Waals surface area contributed by atoms with Gasteiger partial charge in [0, 0.05) is 11.4 Å². The molecule has 1 amide bonds. The van der Waals surface area contributed by atoms with Gasteiger partial charge in [0.2, 0.25) is 11.8 Å². The zero-order valence-corrected chi connectivity index (χ0v) is 12.8. The molecule has 1 fully saturated rings. The van der Waals surface area contributed by atoms with E-state index in [9.17, 15) is 4.79 Å². The molecule has 1 unspecified atom stereocenters. The molecule has 7 heteroatoms. The van der Waals surface area contributed by atoms with Crippen LogP contribution in [0.15, 0.2) is 28.8 Å². The number of nitrogens with zero attached hydrogens (tertiary/aromatic N) is 2. The zero-order chi connectivity index (χ0) is 15.4. The van der Waals surface area contributed by atoms with Gasteiger partial charge >= 0.3 is 0 Å². The number of benzene rings is 1. The van der Waals surface area contributed by atoms with Crippen molar-refractivity contribution < 1.29 is 9.32 Å².